The first kappa shape index (κ1) is 18.6. The fraction of sp³-hybridized carbons (Fsp3) is 0.200. The smallest absolute Gasteiger partial charge is 0.259 e. The molecule has 0 saturated carbocycles. The molecule has 3 N–H and O–H groups in total. The number of rotatable bonds is 5. The number of nitrogens with one attached hydrogen (secondary N) is 1. The zero-order chi connectivity index (χ0) is 19.6. The predicted octanol–water partition coefficient (Wildman–Crippen LogP) is 2.57. The molecule has 0 spiro atoms. The zero-order valence-corrected chi connectivity index (χ0v) is 14.6. The van der Waals surface area contributed by atoms with Crippen LogP contribution in [0.1, 0.15) is 28.9 Å². The lowest BCUT2D eigenvalue weighted by Crippen LogP contribution is -2.37. The molecule has 0 saturated heterocycles. The number of pyridine rings is 1. The molecule has 6 nitrogen and oxygen atoms in total. The highest BCUT2D eigenvalue weighted by atomic mass is 19.1. The number of likely N-dealkylation sites (N-methyl/N-ethyl adjacent to an activating group) is 1. The Labute approximate surface area is 154 Å². The number of amides is 1. The molecule has 3 aromatic rings. The molecule has 1 amide bonds. The lowest BCUT2D eigenvalue weighted by atomic mass is 10.1. The van der Waals surface area contributed by atoms with Gasteiger partial charge in [0.05, 0.1) is 18.2 Å². The highest BCUT2D eigenvalue weighted by Crippen LogP contribution is 2.20. The fourth-order valence-corrected chi connectivity index (χ4v) is 2.95. The van der Waals surface area contributed by atoms with Gasteiger partial charge < -0.3 is 20.1 Å². The van der Waals surface area contributed by atoms with Crippen LogP contribution >= 0.6 is 0 Å². The van der Waals surface area contributed by atoms with Crippen molar-refractivity contribution in [2.75, 3.05) is 13.1 Å². The number of aromatic hydroxyl groups is 1. The first-order chi connectivity index (χ1) is 12.9. The summed E-state index contributed by atoms with van der Waals surface area (Å²) in [7, 11) is 0. The van der Waals surface area contributed by atoms with E-state index >= 15 is 0 Å². The van der Waals surface area contributed by atoms with E-state index in [1.165, 1.54) is 41.4 Å². The number of aliphatic hydroxyl groups excluding tert-OH is 1. The van der Waals surface area contributed by atoms with Gasteiger partial charge in [-0.05, 0) is 36.8 Å². The van der Waals surface area contributed by atoms with Gasteiger partial charge in [-0.25, -0.2) is 4.39 Å². The second-order valence-corrected chi connectivity index (χ2v) is 6.15. The number of phenols is 1. The Bertz CT molecular complexity index is 1050. The molecule has 1 heterocycles. The van der Waals surface area contributed by atoms with Crippen LogP contribution in [0.4, 0.5) is 4.39 Å². The third kappa shape index (κ3) is 3.68. The Balaban J connectivity index is 1.90. The minimum Gasteiger partial charge on any atom is -0.508 e. The number of benzene rings is 2. The summed E-state index contributed by atoms with van der Waals surface area (Å²) < 4.78 is 13.8. The number of hydrogen-bond donors (Lipinski definition) is 3. The van der Waals surface area contributed by atoms with E-state index in [1.807, 2.05) is 0 Å². The number of hydrogen-bond acceptors (Lipinski definition) is 4. The van der Waals surface area contributed by atoms with Crippen molar-refractivity contribution in [3.05, 3.63) is 75.8 Å². The van der Waals surface area contributed by atoms with Gasteiger partial charge in [0.1, 0.15) is 17.1 Å². The molecule has 7 heteroatoms. The van der Waals surface area contributed by atoms with Gasteiger partial charge in [-0.2, -0.15) is 0 Å². The van der Waals surface area contributed by atoms with Crippen molar-refractivity contribution in [3.8, 4) is 5.75 Å². The lowest BCUT2D eigenvalue weighted by Gasteiger charge is -2.24. The maximum absolute atomic E-state index is 13.8. The van der Waals surface area contributed by atoms with E-state index in [9.17, 15) is 24.2 Å². The van der Waals surface area contributed by atoms with Crippen molar-refractivity contribution in [1.82, 2.24) is 9.88 Å². The maximum atomic E-state index is 13.8. The number of aromatic nitrogens is 1. The lowest BCUT2D eigenvalue weighted by molar-refractivity contribution is 0.0633. The number of carbonyl (C=O) groups is 1. The van der Waals surface area contributed by atoms with Gasteiger partial charge >= 0.3 is 0 Å². The van der Waals surface area contributed by atoms with Gasteiger partial charge in [0.15, 0.2) is 0 Å². The Morgan fingerprint density at radius 3 is 2.70 bits per heavy atom. The normalized spacial score (nSPS) is 12.1. The number of para-hydroxylation sites is 1. The molecule has 0 radical (unpaired) electrons. The summed E-state index contributed by atoms with van der Waals surface area (Å²) in [4.78, 5) is 29.4. The highest BCUT2D eigenvalue weighted by Gasteiger charge is 2.22. The van der Waals surface area contributed by atoms with E-state index in [2.05, 4.69) is 4.98 Å². The van der Waals surface area contributed by atoms with E-state index in [0.29, 0.717) is 5.56 Å². The number of halogens is 1. The second-order valence-electron chi connectivity index (χ2n) is 6.15. The van der Waals surface area contributed by atoms with Gasteiger partial charge in [0.2, 0.25) is 5.43 Å². The average molecular weight is 370 g/mol. The van der Waals surface area contributed by atoms with Crippen LogP contribution in [-0.2, 0) is 0 Å². The van der Waals surface area contributed by atoms with Gasteiger partial charge in [-0.3, -0.25) is 9.59 Å². The van der Waals surface area contributed by atoms with E-state index in [-0.39, 0.29) is 35.3 Å². The van der Waals surface area contributed by atoms with Gasteiger partial charge in [-0.1, -0.05) is 18.2 Å². The van der Waals surface area contributed by atoms with Crippen LogP contribution in [0.2, 0.25) is 0 Å². The largest absolute Gasteiger partial charge is 0.508 e. The fourth-order valence-electron chi connectivity index (χ4n) is 2.95. The number of nitrogens with zero attached hydrogens (tertiary/aromatic N) is 1. The van der Waals surface area contributed by atoms with Crippen LogP contribution in [-0.4, -0.2) is 39.1 Å². The van der Waals surface area contributed by atoms with Crippen LogP contribution < -0.4 is 5.43 Å². The van der Waals surface area contributed by atoms with Gasteiger partial charge in [0.25, 0.3) is 5.91 Å². The molecule has 1 atom stereocenters. The molecular formula is C20H19FN2O4. The van der Waals surface area contributed by atoms with Crippen LogP contribution in [0, 0.1) is 5.82 Å². The highest BCUT2D eigenvalue weighted by molar-refractivity contribution is 5.97. The molecule has 0 aliphatic heterocycles. The van der Waals surface area contributed by atoms with Gasteiger partial charge in [-0.15, -0.1) is 0 Å². The third-order valence-electron chi connectivity index (χ3n) is 4.41. The predicted molar refractivity (Wildman–Crippen MR) is 99.2 cm³/mol. The SMILES string of the molecule is CCN(C[C@@H](O)c1cccc(O)c1)C(=O)c1c[nH]c2c(F)cccc2c1=O. The van der Waals surface area contributed by atoms with E-state index in [4.69, 9.17) is 0 Å². The third-order valence-corrected chi connectivity index (χ3v) is 4.41. The van der Waals surface area contributed by atoms with Crippen LogP contribution in [0.15, 0.2) is 53.5 Å². The van der Waals surface area contributed by atoms with Crippen molar-refractivity contribution in [2.45, 2.75) is 13.0 Å². The standard InChI is InChI=1S/C20H19FN2O4/c1-2-23(11-17(25)12-5-3-6-13(24)9-12)20(27)15-10-22-18-14(19(15)26)7-4-8-16(18)21/h3-10,17,24-25H,2,11H2,1H3,(H,22,26)/t17-/m1/s1. The summed E-state index contributed by atoms with van der Waals surface area (Å²) >= 11 is 0. The number of phenolic OH excluding ortho intramolecular Hbond substituents is 1. The van der Waals surface area contributed by atoms with Crippen LogP contribution in [0.25, 0.3) is 10.9 Å². The number of aromatic amines is 1. The number of aliphatic hydroxyl groups is 1. The Morgan fingerprint density at radius 1 is 1.26 bits per heavy atom. The van der Waals surface area contributed by atoms with Crippen molar-refractivity contribution in [2.24, 2.45) is 0 Å². The summed E-state index contributed by atoms with van der Waals surface area (Å²) in [6, 6.07) is 10.2. The van der Waals surface area contributed by atoms with Crippen molar-refractivity contribution >= 4 is 16.8 Å². The Hall–Kier alpha value is -3.19. The van der Waals surface area contributed by atoms with Gasteiger partial charge in [0, 0.05) is 18.1 Å². The first-order valence-corrected chi connectivity index (χ1v) is 8.48. The maximum Gasteiger partial charge on any atom is 0.259 e. The minimum atomic E-state index is -1.03. The molecule has 0 unspecified atom stereocenters. The van der Waals surface area contributed by atoms with E-state index in [0.717, 1.165) is 0 Å². The molecule has 0 aliphatic rings. The number of H-pyrrole nitrogens is 1. The zero-order valence-electron chi connectivity index (χ0n) is 14.6. The molecule has 0 aliphatic carbocycles. The van der Waals surface area contributed by atoms with Crippen molar-refractivity contribution in [1.29, 1.82) is 0 Å². The Morgan fingerprint density at radius 2 is 2.00 bits per heavy atom. The molecule has 3 rings (SSSR count). The minimum absolute atomic E-state index is 0.00826. The monoisotopic (exact) mass is 370 g/mol. The average Bonchev–Trinajstić information content (AvgIpc) is 2.66. The molecule has 140 valence electrons. The van der Waals surface area contributed by atoms with Crippen molar-refractivity contribution in [3.63, 3.8) is 0 Å². The molecule has 2 aromatic carbocycles. The molecular weight excluding hydrogens is 351 g/mol. The second kappa shape index (κ2) is 7.59. The summed E-state index contributed by atoms with van der Waals surface area (Å²) in [5, 5.41) is 20.0. The molecule has 0 bridgehead atoms. The Kier molecular flexibility index (Phi) is 5.23. The topological polar surface area (TPSA) is 93.6 Å². The van der Waals surface area contributed by atoms with E-state index in [1.54, 1.807) is 19.1 Å². The molecule has 1 aromatic heterocycles. The van der Waals surface area contributed by atoms with Crippen LogP contribution in [0.5, 0.6) is 5.75 Å². The molecule has 0 fully saturated rings. The quantitative estimate of drug-likeness (QED) is 0.643. The summed E-state index contributed by atoms with van der Waals surface area (Å²) in [5.41, 5.74) is -0.200. The summed E-state index contributed by atoms with van der Waals surface area (Å²) in [6.45, 7) is 1.93. The first-order valence-electron chi connectivity index (χ1n) is 8.48. The molecule has 27 heavy (non-hydrogen) atoms. The summed E-state index contributed by atoms with van der Waals surface area (Å²) in [5.74, 6) is -1.13. The van der Waals surface area contributed by atoms with E-state index < -0.39 is 23.3 Å². The number of carbonyl (C=O) groups excluding carboxylic acids is 1. The van der Waals surface area contributed by atoms with Crippen molar-refractivity contribution < 1.29 is 19.4 Å². The summed E-state index contributed by atoms with van der Waals surface area (Å²) in [6.07, 6.45) is 0.164. The van der Waals surface area contributed by atoms with Crippen LogP contribution in [0.3, 0.4) is 0 Å². The number of fused-ring (bicyclic) bond motifs is 1.